The zero-order valence-electron chi connectivity index (χ0n) is 14.4. The SMILES string of the molecule is CCC[C@@H]1N(C(=O)c2scnc2C)CC[C@@]12C(=O)Nc1ccccc12. The molecular formula is C19H21N3O2S. The van der Waals surface area contributed by atoms with Crippen LogP contribution in [0.15, 0.2) is 29.8 Å². The Labute approximate surface area is 151 Å². The number of fused-ring (bicyclic) bond motifs is 2. The van der Waals surface area contributed by atoms with Crippen molar-refractivity contribution in [1.29, 1.82) is 0 Å². The third-order valence-electron chi connectivity index (χ3n) is 5.52. The van der Waals surface area contributed by atoms with Crippen LogP contribution in [0, 0.1) is 6.92 Å². The number of anilines is 1. The molecule has 1 fully saturated rings. The van der Waals surface area contributed by atoms with Gasteiger partial charge in [-0.05, 0) is 31.4 Å². The Morgan fingerprint density at radius 3 is 2.96 bits per heavy atom. The molecule has 130 valence electrons. The van der Waals surface area contributed by atoms with Gasteiger partial charge in [0.1, 0.15) is 4.88 Å². The second kappa shape index (κ2) is 5.95. The van der Waals surface area contributed by atoms with Crippen LogP contribution >= 0.6 is 11.3 Å². The summed E-state index contributed by atoms with van der Waals surface area (Å²) in [6.45, 7) is 4.57. The van der Waals surface area contributed by atoms with Gasteiger partial charge in [0.2, 0.25) is 5.91 Å². The smallest absolute Gasteiger partial charge is 0.266 e. The Bertz CT molecular complexity index is 847. The highest BCUT2D eigenvalue weighted by Crippen LogP contribution is 2.49. The molecule has 1 spiro atoms. The summed E-state index contributed by atoms with van der Waals surface area (Å²) in [4.78, 5) is 32.9. The number of hydrogen-bond donors (Lipinski definition) is 1. The Hall–Kier alpha value is -2.21. The minimum atomic E-state index is -0.624. The first-order valence-electron chi connectivity index (χ1n) is 8.71. The zero-order valence-corrected chi connectivity index (χ0v) is 15.2. The van der Waals surface area contributed by atoms with Crippen LogP contribution in [-0.2, 0) is 10.2 Å². The van der Waals surface area contributed by atoms with Crippen molar-refractivity contribution in [2.24, 2.45) is 0 Å². The van der Waals surface area contributed by atoms with E-state index in [-0.39, 0.29) is 17.9 Å². The molecule has 1 N–H and O–H groups in total. The number of carbonyl (C=O) groups is 2. The number of aromatic nitrogens is 1. The third kappa shape index (κ3) is 2.24. The number of rotatable bonds is 3. The summed E-state index contributed by atoms with van der Waals surface area (Å²) < 4.78 is 0. The van der Waals surface area contributed by atoms with Crippen molar-refractivity contribution in [3.05, 3.63) is 45.9 Å². The van der Waals surface area contributed by atoms with E-state index in [1.54, 1.807) is 5.51 Å². The van der Waals surface area contributed by atoms with Crippen molar-refractivity contribution < 1.29 is 9.59 Å². The number of para-hydroxylation sites is 1. The van der Waals surface area contributed by atoms with E-state index in [4.69, 9.17) is 0 Å². The van der Waals surface area contributed by atoms with Gasteiger partial charge in [-0.1, -0.05) is 31.5 Å². The predicted octanol–water partition coefficient (Wildman–Crippen LogP) is 3.36. The van der Waals surface area contributed by atoms with Crippen LogP contribution in [0.3, 0.4) is 0 Å². The molecule has 2 aliphatic heterocycles. The minimum Gasteiger partial charge on any atom is -0.333 e. The van der Waals surface area contributed by atoms with E-state index in [1.165, 1.54) is 11.3 Å². The highest BCUT2D eigenvalue weighted by molar-refractivity contribution is 7.11. The van der Waals surface area contributed by atoms with E-state index in [1.807, 2.05) is 36.1 Å². The lowest BCUT2D eigenvalue weighted by molar-refractivity contribution is -0.121. The average Bonchev–Trinajstić information content (AvgIpc) is 3.27. The van der Waals surface area contributed by atoms with E-state index < -0.39 is 5.41 Å². The molecule has 1 aromatic heterocycles. The Morgan fingerprint density at radius 2 is 2.24 bits per heavy atom. The van der Waals surface area contributed by atoms with Gasteiger partial charge in [0, 0.05) is 12.2 Å². The first-order chi connectivity index (χ1) is 12.1. The maximum atomic E-state index is 13.1. The van der Waals surface area contributed by atoms with Gasteiger partial charge in [-0.2, -0.15) is 0 Å². The van der Waals surface area contributed by atoms with Crippen LogP contribution in [0.1, 0.15) is 47.1 Å². The Morgan fingerprint density at radius 1 is 1.44 bits per heavy atom. The molecule has 0 aliphatic carbocycles. The van der Waals surface area contributed by atoms with Gasteiger partial charge in [-0.15, -0.1) is 11.3 Å². The minimum absolute atomic E-state index is 0.00695. The van der Waals surface area contributed by atoms with Crippen molar-refractivity contribution >= 4 is 28.8 Å². The second-order valence-electron chi connectivity index (χ2n) is 6.79. The van der Waals surface area contributed by atoms with Crippen LogP contribution < -0.4 is 5.32 Å². The molecule has 3 heterocycles. The molecule has 0 saturated carbocycles. The van der Waals surface area contributed by atoms with Crippen molar-refractivity contribution in [3.8, 4) is 0 Å². The maximum absolute atomic E-state index is 13.1. The highest BCUT2D eigenvalue weighted by atomic mass is 32.1. The van der Waals surface area contributed by atoms with E-state index in [0.29, 0.717) is 17.8 Å². The lowest BCUT2D eigenvalue weighted by atomic mass is 9.73. The van der Waals surface area contributed by atoms with Crippen molar-refractivity contribution in [3.63, 3.8) is 0 Å². The molecule has 0 bridgehead atoms. The van der Waals surface area contributed by atoms with Crippen LogP contribution in [0.5, 0.6) is 0 Å². The Kier molecular flexibility index (Phi) is 3.87. The fourth-order valence-electron chi connectivity index (χ4n) is 4.36. The first kappa shape index (κ1) is 16.3. The van der Waals surface area contributed by atoms with Crippen molar-refractivity contribution in [2.75, 3.05) is 11.9 Å². The number of nitrogens with zero attached hydrogens (tertiary/aromatic N) is 2. The predicted molar refractivity (Wildman–Crippen MR) is 98.0 cm³/mol. The van der Waals surface area contributed by atoms with Crippen molar-refractivity contribution in [1.82, 2.24) is 9.88 Å². The number of carbonyl (C=O) groups excluding carboxylic acids is 2. The molecule has 4 rings (SSSR count). The summed E-state index contributed by atoms with van der Waals surface area (Å²) in [6, 6.07) is 7.77. The van der Waals surface area contributed by atoms with Gasteiger partial charge in [0.15, 0.2) is 0 Å². The summed E-state index contributed by atoms with van der Waals surface area (Å²) in [5, 5.41) is 3.04. The highest BCUT2D eigenvalue weighted by Gasteiger charge is 2.58. The molecule has 1 aromatic carbocycles. The molecule has 25 heavy (non-hydrogen) atoms. The van der Waals surface area contributed by atoms with Gasteiger partial charge >= 0.3 is 0 Å². The van der Waals surface area contributed by atoms with E-state index in [2.05, 4.69) is 17.2 Å². The van der Waals surface area contributed by atoms with Crippen LogP contribution in [0.4, 0.5) is 5.69 Å². The summed E-state index contributed by atoms with van der Waals surface area (Å²) >= 11 is 1.38. The number of thiazole rings is 1. The van der Waals surface area contributed by atoms with Crippen LogP contribution in [-0.4, -0.2) is 34.3 Å². The third-order valence-corrected chi connectivity index (χ3v) is 6.43. The number of nitrogens with one attached hydrogen (secondary N) is 1. The summed E-state index contributed by atoms with van der Waals surface area (Å²) in [5.74, 6) is 0.0379. The van der Waals surface area contributed by atoms with Gasteiger partial charge in [-0.3, -0.25) is 9.59 Å². The molecule has 2 atom stereocenters. The number of likely N-dealkylation sites (tertiary alicyclic amines) is 1. The fraction of sp³-hybridized carbons (Fsp3) is 0.421. The fourth-order valence-corrected chi connectivity index (χ4v) is 5.12. The maximum Gasteiger partial charge on any atom is 0.266 e. The lowest BCUT2D eigenvalue weighted by Gasteiger charge is -2.33. The van der Waals surface area contributed by atoms with E-state index in [0.717, 1.165) is 29.8 Å². The van der Waals surface area contributed by atoms with Crippen molar-refractivity contribution in [2.45, 2.75) is 44.6 Å². The standard InChI is InChI=1S/C19H21N3O2S/c1-3-6-15-19(13-7-4-5-8-14(13)21-18(19)24)9-10-22(15)17(23)16-12(2)20-11-25-16/h4-5,7-8,11,15H,3,6,9-10H2,1-2H3,(H,21,24)/t15-,19-/m0/s1. The lowest BCUT2D eigenvalue weighted by Crippen LogP contribution is -2.48. The summed E-state index contributed by atoms with van der Waals surface area (Å²) in [5.41, 5.74) is 3.77. The van der Waals surface area contributed by atoms with Gasteiger partial charge in [0.05, 0.1) is 22.7 Å². The normalized spacial score (nSPS) is 24.6. The van der Waals surface area contributed by atoms with Gasteiger partial charge in [-0.25, -0.2) is 4.98 Å². The summed E-state index contributed by atoms with van der Waals surface area (Å²) in [7, 11) is 0. The number of hydrogen-bond acceptors (Lipinski definition) is 4. The second-order valence-corrected chi connectivity index (χ2v) is 7.65. The molecular weight excluding hydrogens is 334 g/mol. The van der Waals surface area contributed by atoms with Gasteiger partial charge < -0.3 is 10.2 Å². The molecule has 2 aromatic rings. The number of benzene rings is 1. The quantitative estimate of drug-likeness (QED) is 0.918. The number of amides is 2. The topological polar surface area (TPSA) is 62.3 Å². The van der Waals surface area contributed by atoms with E-state index >= 15 is 0 Å². The van der Waals surface area contributed by atoms with E-state index in [9.17, 15) is 9.59 Å². The van der Waals surface area contributed by atoms with Gasteiger partial charge in [0.25, 0.3) is 5.91 Å². The largest absolute Gasteiger partial charge is 0.333 e. The molecule has 2 aliphatic rings. The molecule has 5 nitrogen and oxygen atoms in total. The molecule has 1 saturated heterocycles. The molecule has 2 amide bonds. The summed E-state index contributed by atoms with van der Waals surface area (Å²) in [6.07, 6.45) is 2.41. The molecule has 0 unspecified atom stereocenters. The number of aryl methyl sites for hydroxylation is 1. The monoisotopic (exact) mass is 355 g/mol. The van der Waals surface area contributed by atoms with Crippen LogP contribution in [0.25, 0.3) is 0 Å². The zero-order chi connectivity index (χ0) is 17.6. The first-order valence-corrected chi connectivity index (χ1v) is 9.59. The Balaban J connectivity index is 1.78. The van der Waals surface area contributed by atoms with Crippen LogP contribution in [0.2, 0.25) is 0 Å². The average molecular weight is 355 g/mol. The molecule has 0 radical (unpaired) electrons. The molecule has 6 heteroatoms.